The quantitative estimate of drug-likeness (QED) is 0.591. The zero-order chi connectivity index (χ0) is 17.1. The smallest absolute Gasteiger partial charge is 0.267 e. The van der Waals surface area contributed by atoms with Gasteiger partial charge in [-0.15, -0.1) is 0 Å². The molecule has 1 amide bonds. The van der Waals surface area contributed by atoms with E-state index < -0.39 is 0 Å². The van der Waals surface area contributed by atoms with Crippen LogP contribution in [0, 0.1) is 0 Å². The lowest BCUT2D eigenvalue weighted by atomic mass is 10.1. The summed E-state index contributed by atoms with van der Waals surface area (Å²) in [7, 11) is 0. The molecule has 0 fully saturated rings. The molecule has 122 valence electrons. The van der Waals surface area contributed by atoms with Crippen LogP contribution in [0.25, 0.3) is 22.0 Å². The first-order valence-electron chi connectivity index (χ1n) is 8.15. The first-order chi connectivity index (χ1) is 12.3. The number of aromatic nitrogens is 2. The number of rotatable bonds is 4. The number of hydrogen-bond acceptors (Lipinski definition) is 2. The highest BCUT2D eigenvalue weighted by molar-refractivity contribution is 5.98. The van der Waals surface area contributed by atoms with Gasteiger partial charge in [0.1, 0.15) is 5.69 Å². The van der Waals surface area contributed by atoms with E-state index in [9.17, 15) is 4.79 Å². The Labute approximate surface area is 145 Å². The molecule has 25 heavy (non-hydrogen) atoms. The van der Waals surface area contributed by atoms with Crippen molar-refractivity contribution in [1.82, 2.24) is 15.3 Å². The van der Waals surface area contributed by atoms with Gasteiger partial charge in [-0.2, -0.15) is 0 Å². The minimum Gasteiger partial charge on any atom is -0.351 e. The van der Waals surface area contributed by atoms with Crippen LogP contribution in [0.15, 0.2) is 79.1 Å². The van der Waals surface area contributed by atoms with E-state index in [0.29, 0.717) is 12.2 Å². The van der Waals surface area contributed by atoms with Crippen molar-refractivity contribution in [3.8, 4) is 11.1 Å². The number of nitrogens with one attached hydrogen (secondary N) is 2. The molecule has 2 aromatic carbocycles. The Morgan fingerprint density at radius 1 is 0.920 bits per heavy atom. The number of benzene rings is 2. The highest BCUT2D eigenvalue weighted by atomic mass is 16.1. The Balaban J connectivity index is 1.55. The van der Waals surface area contributed by atoms with E-state index in [-0.39, 0.29) is 5.91 Å². The maximum atomic E-state index is 12.4. The van der Waals surface area contributed by atoms with Crippen LogP contribution in [0.2, 0.25) is 0 Å². The van der Waals surface area contributed by atoms with Gasteiger partial charge < -0.3 is 10.3 Å². The Morgan fingerprint density at radius 3 is 2.52 bits per heavy atom. The van der Waals surface area contributed by atoms with Crippen LogP contribution in [-0.4, -0.2) is 15.9 Å². The molecule has 0 unspecified atom stereocenters. The molecule has 2 heterocycles. The summed E-state index contributed by atoms with van der Waals surface area (Å²) in [5.41, 5.74) is 4.80. The van der Waals surface area contributed by atoms with Crippen LogP contribution in [0.4, 0.5) is 0 Å². The maximum absolute atomic E-state index is 12.4. The molecule has 4 nitrogen and oxygen atoms in total. The van der Waals surface area contributed by atoms with Crippen molar-refractivity contribution in [2.45, 2.75) is 6.54 Å². The highest BCUT2D eigenvalue weighted by Crippen LogP contribution is 2.24. The van der Waals surface area contributed by atoms with E-state index in [0.717, 1.165) is 27.6 Å². The molecule has 0 atom stereocenters. The second-order valence-electron chi connectivity index (χ2n) is 5.89. The molecule has 2 N–H and O–H groups in total. The number of carbonyl (C=O) groups is 1. The van der Waals surface area contributed by atoms with E-state index >= 15 is 0 Å². The van der Waals surface area contributed by atoms with E-state index in [4.69, 9.17) is 0 Å². The maximum Gasteiger partial charge on any atom is 0.267 e. The van der Waals surface area contributed by atoms with Crippen LogP contribution >= 0.6 is 0 Å². The molecule has 0 aliphatic carbocycles. The van der Waals surface area contributed by atoms with Crippen molar-refractivity contribution < 1.29 is 4.79 Å². The Morgan fingerprint density at radius 2 is 1.72 bits per heavy atom. The molecular weight excluding hydrogens is 310 g/mol. The molecule has 0 saturated carbocycles. The fraction of sp³-hybridized carbons (Fsp3) is 0.0476. The SMILES string of the molecule is O=C(NCc1ccccc1)c1cc2cc(-c3ccncc3)ccc2[nH]1. The lowest BCUT2D eigenvalue weighted by Gasteiger charge is -2.03. The van der Waals surface area contributed by atoms with Crippen LogP contribution in [0.1, 0.15) is 16.1 Å². The third-order valence-corrected chi connectivity index (χ3v) is 4.17. The van der Waals surface area contributed by atoms with Gasteiger partial charge in [0.2, 0.25) is 0 Å². The average molecular weight is 327 g/mol. The van der Waals surface area contributed by atoms with Gasteiger partial charge in [0.15, 0.2) is 0 Å². The Hall–Kier alpha value is -3.40. The van der Waals surface area contributed by atoms with Gasteiger partial charge in [-0.05, 0) is 47.0 Å². The predicted octanol–water partition coefficient (Wildman–Crippen LogP) is 4.16. The van der Waals surface area contributed by atoms with Gasteiger partial charge in [-0.1, -0.05) is 36.4 Å². The average Bonchev–Trinajstić information content (AvgIpc) is 3.11. The number of amides is 1. The third kappa shape index (κ3) is 3.28. The highest BCUT2D eigenvalue weighted by Gasteiger charge is 2.10. The second kappa shape index (κ2) is 6.61. The fourth-order valence-corrected chi connectivity index (χ4v) is 2.85. The van der Waals surface area contributed by atoms with E-state index in [2.05, 4.69) is 21.4 Å². The van der Waals surface area contributed by atoms with Crippen molar-refractivity contribution in [2.75, 3.05) is 0 Å². The van der Waals surface area contributed by atoms with Gasteiger partial charge in [-0.25, -0.2) is 0 Å². The number of carbonyl (C=O) groups excluding carboxylic acids is 1. The third-order valence-electron chi connectivity index (χ3n) is 4.17. The van der Waals surface area contributed by atoms with Gasteiger partial charge >= 0.3 is 0 Å². The predicted molar refractivity (Wildman–Crippen MR) is 99.1 cm³/mol. The molecule has 0 saturated heterocycles. The normalized spacial score (nSPS) is 10.7. The van der Waals surface area contributed by atoms with E-state index in [1.54, 1.807) is 12.4 Å². The first kappa shape index (κ1) is 15.1. The van der Waals surface area contributed by atoms with E-state index in [1.807, 2.05) is 60.7 Å². The number of aromatic amines is 1. The molecular formula is C21H17N3O. The number of nitrogens with zero attached hydrogens (tertiary/aromatic N) is 1. The molecule has 2 aromatic heterocycles. The lowest BCUT2D eigenvalue weighted by molar-refractivity contribution is 0.0947. The summed E-state index contributed by atoms with van der Waals surface area (Å²) in [6, 6.07) is 21.8. The van der Waals surface area contributed by atoms with Crippen molar-refractivity contribution in [3.05, 3.63) is 90.4 Å². The van der Waals surface area contributed by atoms with Crippen molar-refractivity contribution in [1.29, 1.82) is 0 Å². The number of fused-ring (bicyclic) bond motifs is 1. The number of pyridine rings is 1. The zero-order valence-electron chi connectivity index (χ0n) is 13.6. The monoisotopic (exact) mass is 327 g/mol. The second-order valence-corrected chi connectivity index (χ2v) is 5.89. The van der Waals surface area contributed by atoms with Crippen molar-refractivity contribution >= 4 is 16.8 Å². The molecule has 0 spiro atoms. The summed E-state index contributed by atoms with van der Waals surface area (Å²) >= 11 is 0. The van der Waals surface area contributed by atoms with E-state index in [1.165, 1.54) is 0 Å². The van der Waals surface area contributed by atoms with Gasteiger partial charge in [0.05, 0.1) is 0 Å². The number of hydrogen-bond donors (Lipinski definition) is 2. The molecule has 4 rings (SSSR count). The summed E-state index contributed by atoms with van der Waals surface area (Å²) < 4.78 is 0. The fourth-order valence-electron chi connectivity index (χ4n) is 2.85. The van der Waals surface area contributed by atoms with Crippen molar-refractivity contribution in [3.63, 3.8) is 0 Å². The minimum absolute atomic E-state index is 0.106. The van der Waals surface area contributed by atoms with Crippen LogP contribution in [-0.2, 0) is 6.54 Å². The zero-order valence-corrected chi connectivity index (χ0v) is 13.6. The van der Waals surface area contributed by atoms with Gasteiger partial charge in [0, 0.05) is 29.8 Å². The molecule has 4 aromatic rings. The Bertz CT molecular complexity index is 1010. The Kier molecular flexibility index (Phi) is 4.01. The number of H-pyrrole nitrogens is 1. The lowest BCUT2D eigenvalue weighted by Crippen LogP contribution is -2.22. The van der Waals surface area contributed by atoms with Crippen LogP contribution in [0.5, 0.6) is 0 Å². The summed E-state index contributed by atoms with van der Waals surface area (Å²) in [5, 5.41) is 3.96. The molecule has 0 aliphatic heterocycles. The van der Waals surface area contributed by atoms with Gasteiger partial charge in [0.25, 0.3) is 5.91 Å². The topological polar surface area (TPSA) is 57.8 Å². The van der Waals surface area contributed by atoms with Crippen LogP contribution < -0.4 is 5.32 Å². The molecule has 0 bridgehead atoms. The van der Waals surface area contributed by atoms with Gasteiger partial charge in [-0.3, -0.25) is 9.78 Å². The summed E-state index contributed by atoms with van der Waals surface area (Å²) in [6.45, 7) is 0.511. The van der Waals surface area contributed by atoms with Crippen molar-refractivity contribution in [2.24, 2.45) is 0 Å². The van der Waals surface area contributed by atoms with Crippen LogP contribution in [0.3, 0.4) is 0 Å². The first-order valence-corrected chi connectivity index (χ1v) is 8.15. The molecule has 0 aliphatic rings. The molecule has 0 radical (unpaired) electrons. The summed E-state index contributed by atoms with van der Waals surface area (Å²) in [5.74, 6) is -0.106. The minimum atomic E-state index is -0.106. The summed E-state index contributed by atoms with van der Waals surface area (Å²) in [6.07, 6.45) is 3.55. The standard InChI is InChI=1S/C21H17N3O/c25-21(23-14-15-4-2-1-3-5-15)20-13-18-12-17(6-7-19(18)24-20)16-8-10-22-11-9-16/h1-13,24H,14H2,(H,23,25). The largest absolute Gasteiger partial charge is 0.351 e. The summed E-state index contributed by atoms with van der Waals surface area (Å²) in [4.78, 5) is 19.6. The molecule has 4 heteroatoms.